The molecule has 0 amide bonds. The van der Waals surface area contributed by atoms with Crippen LogP contribution in [0.1, 0.15) is 12.0 Å². The molecule has 102 valence electrons. The molecule has 0 fully saturated rings. The van der Waals surface area contributed by atoms with Crippen molar-refractivity contribution >= 4 is 21.4 Å². The lowest BCUT2D eigenvalue weighted by atomic mass is 10.1. The van der Waals surface area contributed by atoms with Crippen molar-refractivity contribution in [3.05, 3.63) is 47.3 Å². The van der Waals surface area contributed by atoms with Gasteiger partial charge in [-0.15, -0.1) is 11.3 Å². The fourth-order valence-corrected chi connectivity index (χ4v) is 3.81. The lowest BCUT2D eigenvalue weighted by molar-refractivity contribution is 0.474. The van der Waals surface area contributed by atoms with E-state index in [9.17, 15) is 13.5 Å². The van der Waals surface area contributed by atoms with Gasteiger partial charge in [0.25, 0.3) is 0 Å². The molecule has 0 bridgehead atoms. The quantitative estimate of drug-likeness (QED) is 0.804. The molecule has 0 aliphatic carbocycles. The van der Waals surface area contributed by atoms with Crippen LogP contribution in [0, 0.1) is 0 Å². The molecular weight excluding hydrogens is 282 g/mol. The molecule has 0 aliphatic rings. The van der Waals surface area contributed by atoms with Crippen LogP contribution in [0.25, 0.3) is 0 Å². The summed E-state index contributed by atoms with van der Waals surface area (Å²) in [6.45, 7) is 0.385. The molecule has 6 heteroatoms. The van der Waals surface area contributed by atoms with Crippen LogP contribution in [0.2, 0.25) is 0 Å². The number of hydrogen-bond acceptors (Lipinski definition) is 4. The number of hydrogen-bond donors (Lipinski definition) is 2. The van der Waals surface area contributed by atoms with Gasteiger partial charge in [0.05, 0.1) is 0 Å². The van der Waals surface area contributed by atoms with E-state index in [1.54, 1.807) is 35.7 Å². The molecule has 19 heavy (non-hydrogen) atoms. The second-order valence-corrected chi connectivity index (χ2v) is 7.04. The van der Waals surface area contributed by atoms with E-state index in [1.807, 2.05) is 6.07 Å². The van der Waals surface area contributed by atoms with Crippen molar-refractivity contribution in [2.75, 3.05) is 6.54 Å². The van der Waals surface area contributed by atoms with E-state index in [2.05, 4.69) is 4.72 Å². The molecule has 0 radical (unpaired) electrons. The Kier molecular flexibility index (Phi) is 4.57. The van der Waals surface area contributed by atoms with Crippen molar-refractivity contribution in [3.8, 4) is 5.75 Å². The van der Waals surface area contributed by atoms with Gasteiger partial charge in [-0.25, -0.2) is 13.1 Å². The van der Waals surface area contributed by atoms with Crippen molar-refractivity contribution in [1.29, 1.82) is 0 Å². The molecule has 2 N–H and O–H groups in total. The third kappa shape index (κ3) is 4.05. The summed E-state index contributed by atoms with van der Waals surface area (Å²) in [5.41, 5.74) is 0.996. The maximum Gasteiger partial charge on any atom is 0.250 e. The van der Waals surface area contributed by atoms with Gasteiger partial charge in [-0.1, -0.05) is 18.2 Å². The monoisotopic (exact) mass is 297 g/mol. The SMILES string of the molecule is O=S(=O)(NCCCc1cccc(O)c1)c1cccs1. The van der Waals surface area contributed by atoms with Gasteiger partial charge in [0.15, 0.2) is 0 Å². The number of phenols is 1. The van der Waals surface area contributed by atoms with E-state index >= 15 is 0 Å². The van der Waals surface area contributed by atoms with E-state index in [1.165, 1.54) is 11.3 Å². The van der Waals surface area contributed by atoms with Gasteiger partial charge < -0.3 is 5.11 Å². The van der Waals surface area contributed by atoms with Crippen molar-refractivity contribution in [3.63, 3.8) is 0 Å². The third-order valence-corrected chi connectivity index (χ3v) is 5.46. The number of phenolic OH excluding ortho intramolecular Hbond substituents is 1. The Labute approximate surface area is 116 Å². The second-order valence-electron chi connectivity index (χ2n) is 4.10. The van der Waals surface area contributed by atoms with Crippen molar-refractivity contribution in [2.24, 2.45) is 0 Å². The number of benzene rings is 1. The Morgan fingerprint density at radius 2 is 2.05 bits per heavy atom. The Bertz CT molecular complexity index is 621. The van der Waals surface area contributed by atoms with Gasteiger partial charge in [-0.05, 0) is 42.0 Å². The number of aromatic hydroxyl groups is 1. The molecule has 1 heterocycles. The first-order valence-corrected chi connectivity index (χ1v) is 8.25. The summed E-state index contributed by atoms with van der Waals surface area (Å²) in [6.07, 6.45) is 1.41. The molecule has 0 saturated carbocycles. The van der Waals surface area contributed by atoms with Gasteiger partial charge >= 0.3 is 0 Å². The summed E-state index contributed by atoms with van der Waals surface area (Å²) in [5.74, 6) is 0.233. The Balaban J connectivity index is 1.81. The van der Waals surface area contributed by atoms with Gasteiger partial charge in [-0.2, -0.15) is 0 Å². The molecule has 0 aliphatic heterocycles. The lowest BCUT2D eigenvalue weighted by Gasteiger charge is -2.05. The summed E-state index contributed by atoms with van der Waals surface area (Å²) in [4.78, 5) is 0. The van der Waals surface area contributed by atoms with E-state index in [0.717, 1.165) is 12.0 Å². The lowest BCUT2D eigenvalue weighted by Crippen LogP contribution is -2.24. The largest absolute Gasteiger partial charge is 0.508 e. The van der Waals surface area contributed by atoms with E-state index in [0.29, 0.717) is 17.2 Å². The zero-order valence-electron chi connectivity index (χ0n) is 10.2. The molecule has 0 saturated heterocycles. The summed E-state index contributed by atoms with van der Waals surface area (Å²) in [6, 6.07) is 10.3. The Morgan fingerprint density at radius 3 is 2.74 bits per heavy atom. The zero-order chi connectivity index (χ0) is 13.7. The predicted octanol–water partition coefficient (Wildman–Crippen LogP) is 2.36. The van der Waals surface area contributed by atoms with Crippen LogP contribution in [-0.2, 0) is 16.4 Å². The van der Waals surface area contributed by atoms with E-state index in [-0.39, 0.29) is 5.75 Å². The molecular formula is C13H15NO3S2. The van der Waals surface area contributed by atoms with Crippen LogP contribution in [-0.4, -0.2) is 20.1 Å². The van der Waals surface area contributed by atoms with Crippen LogP contribution in [0.3, 0.4) is 0 Å². The summed E-state index contributed by atoms with van der Waals surface area (Å²) >= 11 is 1.20. The van der Waals surface area contributed by atoms with Gasteiger partial charge in [0, 0.05) is 6.54 Å². The fourth-order valence-electron chi connectivity index (χ4n) is 1.70. The molecule has 4 nitrogen and oxygen atoms in total. The van der Waals surface area contributed by atoms with Gasteiger partial charge in [0.2, 0.25) is 10.0 Å². The van der Waals surface area contributed by atoms with E-state index < -0.39 is 10.0 Å². The van der Waals surface area contributed by atoms with Crippen LogP contribution in [0.4, 0.5) is 0 Å². The normalized spacial score (nSPS) is 11.6. The highest BCUT2D eigenvalue weighted by Crippen LogP contribution is 2.15. The highest BCUT2D eigenvalue weighted by Gasteiger charge is 2.13. The van der Waals surface area contributed by atoms with Crippen molar-refractivity contribution in [2.45, 2.75) is 17.1 Å². The molecule has 1 aromatic heterocycles. The molecule has 0 spiro atoms. The smallest absolute Gasteiger partial charge is 0.250 e. The minimum absolute atomic E-state index is 0.233. The number of sulfonamides is 1. The first-order chi connectivity index (χ1) is 9.08. The van der Waals surface area contributed by atoms with Crippen LogP contribution in [0.15, 0.2) is 46.0 Å². The fraction of sp³-hybridized carbons (Fsp3) is 0.231. The average molecular weight is 297 g/mol. The minimum atomic E-state index is -3.36. The standard InChI is InChI=1S/C13H15NO3S2/c15-12-6-1-4-11(10-12)5-2-8-14-19(16,17)13-7-3-9-18-13/h1,3-4,6-7,9-10,14-15H,2,5,8H2. The number of nitrogens with one attached hydrogen (secondary N) is 1. The second kappa shape index (κ2) is 6.18. The molecule has 0 atom stereocenters. The topological polar surface area (TPSA) is 66.4 Å². The Morgan fingerprint density at radius 1 is 1.21 bits per heavy atom. The van der Waals surface area contributed by atoms with Crippen LogP contribution < -0.4 is 4.72 Å². The van der Waals surface area contributed by atoms with Crippen molar-refractivity contribution < 1.29 is 13.5 Å². The maximum atomic E-state index is 11.8. The minimum Gasteiger partial charge on any atom is -0.508 e. The number of aryl methyl sites for hydroxylation is 1. The molecule has 1 aromatic carbocycles. The molecule has 0 unspecified atom stereocenters. The third-order valence-electron chi connectivity index (χ3n) is 2.60. The van der Waals surface area contributed by atoms with Crippen molar-refractivity contribution in [1.82, 2.24) is 4.72 Å². The first-order valence-electron chi connectivity index (χ1n) is 5.89. The highest BCUT2D eigenvalue weighted by molar-refractivity contribution is 7.91. The first kappa shape index (κ1) is 14.0. The van der Waals surface area contributed by atoms with E-state index in [4.69, 9.17) is 0 Å². The highest BCUT2D eigenvalue weighted by atomic mass is 32.2. The molecule has 2 rings (SSSR count). The molecule has 2 aromatic rings. The average Bonchev–Trinajstić information content (AvgIpc) is 2.89. The summed E-state index contributed by atoms with van der Waals surface area (Å²) in [7, 11) is -3.36. The predicted molar refractivity (Wildman–Crippen MR) is 75.9 cm³/mol. The van der Waals surface area contributed by atoms with Gasteiger partial charge in [0.1, 0.15) is 9.96 Å². The van der Waals surface area contributed by atoms with Crippen LogP contribution >= 0.6 is 11.3 Å². The van der Waals surface area contributed by atoms with Crippen LogP contribution in [0.5, 0.6) is 5.75 Å². The maximum absolute atomic E-state index is 11.8. The number of thiophene rings is 1. The summed E-state index contributed by atoms with van der Waals surface area (Å²) in [5, 5.41) is 11.1. The summed E-state index contributed by atoms with van der Waals surface area (Å²) < 4.78 is 26.5. The Hall–Kier alpha value is -1.37. The number of rotatable bonds is 6. The van der Waals surface area contributed by atoms with Gasteiger partial charge in [-0.3, -0.25) is 0 Å². The zero-order valence-corrected chi connectivity index (χ0v) is 11.9.